The van der Waals surface area contributed by atoms with Crippen molar-refractivity contribution >= 4 is 53.3 Å². The van der Waals surface area contributed by atoms with Crippen LogP contribution in [0.3, 0.4) is 0 Å². The maximum atomic E-state index is 11.5. The first-order valence-electron chi connectivity index (χ1n) is 4.84. The van der Waals surface area contributed by atoms with Crippen LogP contribution in [0, 0.1) is 0 Å². The first-order chi connectivity index (χ1) is 8.08. The van der Waals surface area contributed by atoms with Gasteiger partial charge in [0, 0.05) is 11.1 Å². The smallest absolute Gasteiger partial charge is 0.319 e. The number of fused-ring (bicyclic) bond motifs is 1. The number of urea groups is 1. The summed E-state index contributed by atoms with van der Waals surface area (Å²) in [7, 11) is 0. The van der Waals surface area contributed by atoms with Crippen molar-refractivity contribution < 1.29 is 9.59 Å². The molecule has 3 amide bonds. The molecule has 2 rings (SSSR count). The highest BCUT2D eigenvalue weighted by Crippen LogP contribution is 2.19. The largest absolute Gasteiger partial charge is 0.398 e. The van der Waals surface area contributed by atoms with Crippen molar-refractivity contribution in [2.45, 2.75) is 0 Å². The van der Waals surface area contributed by atoms with Crippen molar-refractivity contribution in [3.05, 3.63) is 36.0 Å². The van der Waals surface area contributed by atoms with E-state index in [1.165, 1.54) is 6.07 Å². The number of pyridine rings is 1. The fourth-order valence-corrected chi connectivity index (χ4v) is 1.49. The number of benzene rings is 1. The molecule has 19 heavy (non-hydrogen) atoms. The lowest BCUT2D eigenvalue weighted by molar-refractivity contribution is 0.0961. The summed E-state index contributed by atoms with van der Waals surface area (Å²) in [5.74, 6) is -0.671. The highest BCUT2D eigenvalue weighted by Gasteiger charge is 2.11. The average molecular weight is 303 g/mol. The predicted molar refractivity (Wildman–Crippen MR) is 77.7 cm³/mol. The molecular formula is C11H12Cl2N4O2. The van der Waals surface area contributed by atoms with E-state index in [0.29, 0.717) is 11.2 Å². The molecule has 0 bridgehead atoms. The zero-order chi connectivity index (χ0) is 12.4. The number of hydrogen-bond donors (Lipinski definition) is 3. The third-order valence-corrected chi connectivity index (χ3v) is 2.22. The zero-order valence-corrected chi connectivity index (χ0v) is 11.3. The Morgan fingerprint density at radius 3 is 2.42 bits per heavy atom. The first kappa shape index (κ1) is 16.9. The van der Waals surface area contributed by atoms with Crippen LogP contribution in [0.15, 0.2) is 30.3 Å². The molecule has 1 aromatic heterocycles. The number of anilines is 1. The molecule has 0 saturated carbocycles. The molecule has 1 heterocycles. The van der Waals surface area contributed by atoms with Crippen LogP contribution >= 0.6 is 24.8 Å². The summed E-state index contributed by atoms with van der Waals surface area (Å²) in [6, 6.07) is 7.61. The summed E-state index contributed by atoms with van der Waals surface area (Å²) in [5.41, 5.74) is 11.7. The molecule has 0 atom stereocenters. The minimum Gasteiger partial charge on any atom is -0.398 e. The summed E-state index contributed by atoms with van der Waals surface area (Å²) in [5, 5.41) is 2.69. The van der Waals surface area contributed by atoms with Crippen molar-refractivity contribution in [1.82, 2.24) is 10.3 Å². The second-order valence-electron chi connectivity index (χ2n) is 3.43. The molecule has 8 heteroatoms. The monoisotopic (exact) mass is 302 g/mol. The summed E-state index contributed by atoms with van der Waals surface area (Å²) in [4.78, 5) is 26.2. The lowest BCUT2D eigenvalue weighted by Crippen LogP contribution is -2.35. The SMILES string of the molecule is Cl.Cl.NC(=O)NC(=O)c1cc(N)c2ccccc2n1. The van der Waals surface area contributed by atoms with E-state index in [9.17, 15) is 9.59 Å². The Labute approximate surface area is 121 Å². The van der Waals surface area contributed by atoms with Crippen LogP contribution in [-0.2, 0) is 0 Å². The van der Waals surface area contributed by atoms with Gasteiger partial charge in [-0.25, -0.2) is 9.78 Å². The third kappa shape index (κ3) is 3.70. The summed E-state index contributed by atoms with van der Waals surface area (Å²) < 4.78 is 0. The summed E-state index contributed by atoms with van der Waals surface area (Å²) >= 11 is 0. The molecule has 0 unspecified atom stereocenters. The van der Waals surface area contributed by atoms with Crippen molar-refractivity contribution in [1.29, 1.82) is 0 Å². The van der Waals surface area contributed by atoms with E-state index in [1.54, 1.807) is 18.2 Å². The highest BCUT2D eigenvalue weighted by atomic mass is 35.5. The lowest BCUT2D eigenvalue weighted by Gasteiger charge is -2.05. The molecule has 0 fully saturated rings. The molecule has 0 aliphatic carbocycles. The van der Waals surface area contributed by atoms with Gasteiger partial charge in [-0.2, -0.15) is 0 Å². The quantitative estimate of drug-likeness (QED) is 0.740. The van der Waals surface area contributed by atoms with Gasteiger partial charge in [-0.3, -0.25) is 10.1 Å². The van der Waals surface area contributed by atoms with Gasteiger partial charge < -0.3 is 11.5 Å². The van der Waals surface area contributed by atoms with Crippen molar-refractivity contribution in [2.75, 3.05) is 5.73 Å². The van der Waals surface area contributed by atoms with Crippen LogP contribution < -0.4 is 16.8 Å². The second kappa shape index (κ2) is 6.77. The van der Waals surface area contributed by atoms with Gasteiger partial charge in [0.25, 0.3) is 5.91 Å². The summed E-state index contributed by atoms with van der Waals surface area (Å²) in [6.45, 7) is 0. The van der Waals surface area contributed by atoms with Gasteiger partial charge in [0.1, 0.15) is 5.69 Å². The maximum Gasteiger partial charge on any atom is 0.319 e. The van der Waals surface area contributed by atoms with E-state index in [4.69, 9.17) is 11.5 Å². The Morgan fingerprint density at radius 1 is 1.16 bits per heavy atom. The average Bonchev–Trinajstić information content (AvgIpc) is 2.28. The number of hydrogen-bond acceptors (Lipinski definition) is 4. The maximum absolute atomic E-state index is 11.5. The van der Waals surface area contributed by atoms with E-state index in [1.807, 2.05) is 11.4 Å². The number of carbonyl (C=O) groups is 2. The number of aromatic nitrogens is 1. The number of nitrogens with zero attached hydrogens (tertiary/aromatic N) is 1. The van der Waals surface area contributed by atoms with Gasteiger partial charge >= 0.3 is 6.03 Å². The first-order valence-corrected chi connectivity index (χ1v) is 4.84. The van der Waals surface area contributed by atoms with Gasteiger partial charge in [0.05, 0.1) is 5.52 Å². The van der Waals surface area contributed by atoms with E-state index in [2.05, 4.69) is 4.98 Å². The minimum atomic E-state index is -0.927. The highest BCUT2D eigenvalue weighted by molar-refractivity contribution is 6.05. The molecule has 102 valence electrons. The normalized spacial score (nSPS) is 9.05. The van der Waals surface area contributed by atoms with Crippen LogP contribution in [0.4, 0.5) is 10.5 Å². The number of primary amides is 1. The number of imide groups is 1. The molecule has 1 aromatic carbocycles. The minimum absolute atomic E-state index is 0. The van der Waals surface area contributed by atoms with Gasteiger partial charge in [0.2, 0.25) is 0 Å². The van der Waals surface area contributed by atoms with Crippen molar-refractivity contribution in [2.24, 2.45) is 5.73 Å². The summed E-state index contributed by atoms with van der Waals surface area (Å²) in [6.07, 6.45) is 0. The molecule has 0 spiro atoms. The van der Waals surface area contributed by atoms with E-state index in [0.717, 1.165) is 5.39 Å². The zero-order valence-electron chi connectivity index (χ0n) is 9.62. The molecule has 6 nitrogen and oxygen atoms in total. The molecule has 5 N–H and O–H groups in total. The number of amides is 3. The number of nitrogens with one attached hydrogen (secondary N) is 1. The second-order valence-corrected chi connectivity index (χ2v) is 3.43. The van der Waals surface area contributed by atoms with Crippen LogP contribution in [0.1, 0.15) is 10.5 Å². The fourth-order valence-electron chi connectivity index (χ4n) is 1.49. The van der Waals surface area contributed by atoms with E-state index >= 15 is 0 Å². The molecule has 0 aliphatic rings. The Kier molecular flexibility index (Phi) is 6.04. The van der Waals surface area contributed by atoms with Gasteiger partial charge in [-0.15, -0.1) is 24.8 Å². The van der Waals surface area contributed by atoms with Crippen molar-refractivity contribution in [3.63, 3.8) is 0 Å². The van der Waals surface area contributed by atoms with Crippen LogP contribution in [0.2, 0.25) is 0 Å². The lowest BCUT2D eigenvalue weighted by atomic mass is 10.1. The van der Waals surface area contributed by atoms with E-state index in [-0.39, 0.29) is 30.5 Å². The number of nitrogens with two attached hydrogens (primary N) is 2. The number of carbonyl (C=O) groups excluding carboxylic acids is 2. The van der Waals surface area contributed by atoms with Gasteiger partial charge in [0.15, 0.2) is 0 Å². The van der Waals surface area contributed by atoms with Crippen molar-refractivity contribution in [3.8, 4) is 0 Å². The Bertz CT molecular complexity index is 619. The topological polar surface area (TPSA) is 111 Å². The Balaban J connectivity index is 0.00000162. The van der Waals surface area contributed by atoms with Gasteiger partial charge in [-0.05, 0) is 12.1 Å². The molecule has 0 aliphatic heterocycles. The number of halogens is 2. The molecule has 0 radical (unpaired) electrons. The third-order valence-electron chi connectivity index (χ3n) is 2.22. The number of rotatable bonds is 1. The Hall–Kier alpha value is -2.05. The fraction of sp³-hybridized carbons (Fsp3) is 0. The van der Waals surface area contributed by atoms with E-state index < -0.39 is 11.9 Å². The molecule has 0 saturated heterocycles. The number of nitrogen functional groups attached to an aromatic ring is 1. The Morgan fingerprint density at radius 2 is 1.79 bits per heavy atom. The van der Waals surface area contributed by atoms with Crippen LogP contribution in [0.5, 0.6) is 0 Å². The predicted octanol–water partition coefficient (Wildman–Crippen LogP) is 1.47. The molecule has 2 aromatic rings. The number of para-hydroxylation sites is 1. The standard InChI is InChI=1S/C11H10N4O2.2ClH/c12-7-5-9(10(16)15-11(13)17)14-8-4-2-1-3-6(7)8;;/h1-5H,(H2,12,14)(H3,13,15,16,17);2*1H. The molecular weight excluding hydrogens is 291 g/mol. The van der Waals surface area contributed by atoms with Gasteiger partial charge in [-0.1, -0.05) is 18.2 Å². The van der Waals surface area contributed by atoms with Crippen LogP contribution in [0.25, 0.3) is 10.9 Å². The van der Waals surface area contributed by atoms with Crippen LogP contribution in [-0.4, -0.2) is 16.9 Å².